The molecule has 1 fully saturated rings. The monoisotopic (exact) mass is 464 g/mol. The van der Waals surface area contributed by atoms with Crippen molar-refractivity contribution in [3.05, 3.63) is 99.4 Å². The Hall–Kier alpha value is -4.73. The first-order chi connectivity index (χ1) is 16.2. The average Bonchev–Trinajstić information content (AvgIpc) is 3.09. The first kappa shape index (κ1) is 22.5. The Morgan fingerprint density at radius 3 is 2.50 bits per heavy atom. The lowest BCUT2D eigenvalue weighted by Gasteiger charge is -2.25. The maximum atomic E-state index is 14.0. The number of phenolic OH excluding ortho intramolecular Hbond substituents is 1. The van der Waals surface area contributed by atoms with Gasteiger partial charge in [-0.1, -0.05) is 24.3 Å². The minimum atomic E-state index is -1.36. The van der Waals surface area contributed by atoms with Gasteiger partial charge >= 0.3 is 5.69 Å². The van der Waals surface area contributed by atoms with Crippen molar-refractivity contribution in [1.82, 2.24) is 0 Å². The highest BCUT2D eigenvalue weighted by Gasteiger charge is 2.47. The van der Waals surface area contributed by atoms with Gasteiger partial charge in [0.1, 0.15) is 17.3 Å². The van der Waals surface area contributed by atoms with E-state index in [0.29, 0.717) is 0 Å². The van der Waals surface area contributed by atoms with E-state index in [0.717, 1.165) is 29.2 Å². The molecule has 3 aromatic carbocycles. The van der Waals surface area contributed by atoms with Gasteiger partial charge in [0.15, 0.2) is 5.75 Å². The maximum Gasteiger partial charge on any atom is 0.311 e. The molecule has 0 aliphatic carbocycles. The summed E-state index contributed by atoms with van der Waals surface area (Å²) in [6.07, 6.45) is 0. The van der Waals surface area contributed by atoms with E-state index >= 15 is 0 Å². The zero-order valence-corrected chi connectivity index (χ0v) is 17.6. The van der Waals surface area contributed by atoms with Crippen molar-refractivity contribution in [2.75, 3.05) is 12.0 Å². The van der Waals surface area contributed by atoms with Gasteiger partial charge in [0.25, 0.3) is 11.7 Å². The van der Waals surface area contributed by atoms with Crippen LogP contribution < -0.4 is 9.64 Å². The van der Waals surface area contributed by atoms with Gasteiger partial charge in [-0.25, -0.2) is 4.39 Å². The number of aliphatic hydroxyl groups excluding tert-OH is 1. The van der Waals surface area contributed by atoms with Crippen LogP contribution in [0.1, 0.15) is 17.2 Å². The van der Waals surface area contributed by atoms with Crippen LogP contribution in [-0.4, -0.2) is 33.9 Å². The average molecular weight is 464 g/mol. The van der Waals surface area contributed by atoms with Gasteiger partial charge in [-0.05, 0) is 42.0 Å². The minimum Gasteiger partial charge on any atom is -0.507 e. The van der Waals surface area contributed by atoms with E-state index in [9.17, 15) is 34.3 Å². The molecule has 10 heteroatoms. The standard InChI is InChI=1S/C24H17FN2O7/c1-34-19-8-3-2-7-16(19)22(29)20-21(13-9-10-18(28)17(11-13)27(32)33)26(24(31)23(20)30)15-6-4-5-14(25)12-15/h2-12,21,28-29H,1H3/b22-20-. The molecule has 0 aromatic heterocycles. The largest absolute Gasteiger partial charge is 0.507 e. The van der Waals surface area contributed by atoms with Crippen LogP contribution in [0, 0.1) is 15.9 Å². The van der Waals surface area contributed by atoms with E-state index in [1.54, 1.807) is 12.1 Å². The molecule has 0 spiro atoms. The number of aromatic hydroxyl groups is 1. The molecule has 1 atom stereocenters. The first-order valence-corrected chi connectivity index (χ1v) is 9.92. The number of Topliss-reactive ketones (excluding diaryl/α,β-unsaturated/α-hetero) is 1. The quantitative estimate of drug-likeness (QED) is 0.191. The van der Waals surface area contributed by atoms with Gasteiger partial charge < -0.3 is 14.9 Å². The molecule has 1 aliphatic heterocycles. The highest BCUT2D eigenvalue weighted by Crippen LogP contribution is 2.44. The minimum absolute atomic E-state index is 0.00176. The number of benzene rings is 3. The van der Waals surface area contributed by atoms with Crippen LogP contribution >= 0.6 is 0 Å². The molecule has 34 heavy (non-hydrogen) atoms. The van der Waals surface area contributed by atoms with Crippen LogP contribution in [-0.2, 0) is 9.59 Å². The second kappa shape index (κ2) is 8.66. The summed E-state index contributed by atoms with van der Waals surface area (Å²) in [6.45, 7) is 0. The van der Waals surface area contributed by atoms with E-state index in [4.69, 9.17) is 4.74 Å². The predicted octanol–water partition coefficient (Wildman–Crippen LogP) is 4.07. The third-order valence-electron chi connectivity index (χ3n) is 5.40. The molecular weight excluding hydrogens is 447 g/mol. The molecule has 3 aromatic rings. The Bertz CT molecular complexity index is 1370. The number of amides is 1. The summed E-state index contributed by atoms with van der Waals surface area (Å²) in [6, 6.07) is 13.1. The van der Waals surface area contributed by atoms with Crippen molar-refractivity contribution in [3.63, 3.8) is 0 Å². The normalized spacial score (nSPS) is 17.1. The number of methoxy groups -OCH3 is 1. The summed E-state index contributed by atoms with van der Waals surface area (Å²) in [5, 5.41) is 32.4. The van der Waals surface area contributed by atoms with Crippen molar-refractivity contribution in [1.29, 1.82) is 0 Å². The van der Waals surface area contributed by atoms with Crippen molar-refractivity contribution in [3.8, 4) is 11.5 Å². The van der Waals surface area contributed by atoms with Gasteiger partial charge in [0.2, 0.25) is 0 Å². The molecule has 0 radical (unpaired) electrons. The van der Waals surface area contributed by atoms with Crippen molar-refractivity contribution in [2.45, 2.75) is 6.04 Å². The number of phenols is 1. The third kappa shape index (κ3) is 3.71. The molecule has 1 heterocycles. The number of carbonyl (C=O) groups is 2. The van der Waals surface area contributed by atoms with Crippen molar-refractivity contribution >= 4 is 28.8 Å². The summed E-state index contributed by atoms with van der Waals surface area (Å²) in [5.74, 6) is -3.81. The fourth-order valence-electron chi connectivity index (χ4n) is 3.88. The Balaban J connectivity index is 2.02. The van der Waals surface area contributed by atoms with Crippen molar-refractivity contribution in [2.24, 2.45) is 0 Å². The van der Waals surface area contributed by atoms with E-state index < -0.39 is 45.7 Å². The number of aliphatic hydroxyl groups is 1. The highest BCUT2D eigenvalue weighted by atomic mass is 19.1. The molecular formula is C24H17FN2O7. The fraction of sp³-hybridized carbons (Fsp3) is 0.0833. The molecule has 0 bridgehead atoms. The van der Waals surface area contributed by atoms with E-state index in [1.807, 2.05) is 0 Å². The number of carbonyl (C=O) groups excluding carboxylic acids is 2. The number of nitrogens with zero attached hydrogens (tertiary/aromatic N) is 2. The molecule has 1 amide bonds. The third-order valence-corrected chi connectivity index (χ3v) is 5.40. The Kier molecular flexibility index (Phi) is 5.72. The molecule has 1 aliphatic rings. The number of ether oxygens (including phenoxy) is 1. The topological polar surface area (TPSA) is 130 Å². The molecule has 1 saturated heterocycles. The van der Waals surface area contributed by atoms with Gasteiger partial charge in [0.05, 0.1) is 29.2 Å². The number of nitro benzene ring substituents is 1. The van der Waals surface area contributed by atoms with Gasteiger partial charge in [0, 0.05) is 11.8 Å². The van der Waals surface area contributed by atoms with E-state index in [-0.39, 0.29) is 28.1 Å². The number of hydrogen-bond donors (Lipinski definition) is 2. The molecule has 9 nitrogen and oxygen atoms in total. The zero-order valence-electron chi connectivity index (χ0n) is 17.6. The molecule has 1 unspecified atom stereocenters. The fourth-order valence-corrected chi connectivity index (χ4v) is 3.88. The smallest absolute Gasteiger partial charge is 0.311 e. The summed E-state index contributed by atoms with van der Waals surface area (Å²) in [7, 11) is 1.36. The molecule has 4 rings (SSSR count). The SMILES string of the molecule is COc1ccccc1/C(O)=C1/C(=O)C(=O)N(c2cccc(F)c2)C1c1ccc(O)c([N+](=O)[O-])c1. The summed E-state index contributed by atoms with van der Waals surface area (Å²) in [5.41, 5.74) is -0.884. The number of anilines is 1. The number of para-hydroxylation sites is 1. The molecule has 2 N–H and O–H groups in total. The van der Waals surface area contributed by atoms with Gasteiger partial charge in [-0.15, -0.1) is 0 Å². The molecule has 0 saturated carbocycles. The zero-order chi connectivity index (χ0) is 24.6. The maximum absolute atomic E-state index is 14.0. The number of nitro groups is 1. The van der Waals surface area contributed by atoms with Crippen LogP contribution in [0.2, 0.25) is 0 Å². The second-order valence-corrected chi connectivity index (χ2v) is 7.35. The van der Waals surface area contributed by atoms with Gasteiger partial charge in [-0.2, -0.15) is 0 Å². The van der Waals surface area contributed by atoms with Crippen LogP contribution in [0.25, 0.3) is 5.76 Å². The number of ketones is 1. The lowest BCUT2D eigenvalue weighted by atomic mass is 9.94. The van der Waals surface area contributed by atoms with Crippen LogP contribution in [0.5, 0.6) is 11.5 Å². The lowest BCUT2D eigenvalue weighted by molar-refractivity contribution is -0.385. The van der Waals surface area contributed by atoms with E-state index in [2.05, 4.69) is 0 Å². The first-order valence-electron chi connectivity index (χ1n) is 9.92. The summed E-state index contributed by atoms with van der Waals surface area (Å²) < 4.78 is 19.2. The second-order valence-electron chi connectivity index (χ2n) is 7.35. The number of hydrogen-bond acceptors (Lipinski definition) is 7. The number of halogens is 1. The van der Waals surface area contributed by atoms with E-state index in [1.165, 1.54) is 37.4 Å². The van der Waals surface area contributed by atoms with Crippen LogP contribution in [0.4, 0.5) is 15.8 Å². The Labute approximate surface area is 192 Å². The number of rotatable bonds is 5. The lowest BCUT2D eigenvalue weighted by Crippen LogP contribution is -2.29. The highest BCUT2D eigenvalue weighted by molar-refractivity contribution is 6.51. The predicted molar refractivity (Wildman–Crippen MR) is 119 cm³/mol. The van der Waals surface area contributed by atoms with Crippen molar-refractivity contribution < 1.29 is 33.9 Å². The summed E-state index contributed by atoms with van der Waals surface area (Å²) >= 11 is 0. The van der Waals surface area contributed by atoms with Gasteiger partial charge in [-0.3, -0.25) is 24.6 Å². The van der Waals surface area contributed by atoms with Crippen LogP contribution in [0.15, 0.2) is 72.3 Å². The molecule has 172 valence electrons. The summed E-state index contributed by atoms with van der Waals surface area (Å²) in [4.78, 5) is 37.7. The Morgan fingerprint density at radius 2 is 1.82 bits per heavy atom. The Morgan fingerprint density at radius 1 is 1.09 bits per heavy atom. The van der Waals surface area contributed by atoms with Crippen LogP contribution in [0.3, 0.4) is 0 Å².